The molecular weight excluding hydrogens is 180 g/mol. The summed E-state index contributed by atoms with van der Waals surface area (Å²) in [5.74, 6) is 1.67. The molecule has 1 aromatic rings. The molecule has 76 valence electrons. The van der Waals surface area contributed by atoms with Crippen LogP contribution in [-0.4, -0.2) is 0 Å². The average molecular weight is 196 g/mol. The second-order valence-electron chi connectivity index (χ2n) is 4.63. The lowest BCUT2D eigenvalue weighted by molar-refractivity contribution is 0.920. The first kappa shape index (κ1) is 8.96. The fourth-order valence-corrected chi connectivity index (χ4v) is 2.88. The van der Waals surface area contributed by atoms with E-state index >= 15 is 0 Å². The average Bonchev–Trinajstić information content (AvgIpc) is 3.04. The lowest BCUT2D eigenvalue weighted by Crippen LogP contribution is -2.01. The molecule has 0 bridgehead atoms. The summed E-state index contributed by atoms with van der Waals surface area (Å²) in [7, 11) is 0. The van der Waals surface area contributed by atoms with Crippen LogP contribution in [0.15, 0.2) is 42.0 Å². The van der Waals surface area contributed by atoms with Crippen LogP contribution < -0.4 is 0 Å². The van der Waals surface area contributed by atoms with E-state index in [-0.39, 0.29) is 0 Å². The van der Waals surface area contributed by atoms with Gasteiger partial charge in [-0.15, -0.1) is 0 Å². The van der Waals surface area contributed by atoms with Crippen LogP contribution >= 0.6 is 0 Å². The lowest BCUT2D eigenvalue weighted by Gasteiger charge is -2.18. The van der Waals surface area contributed by atoms with E-state index < -0.39 is 0 Å². The molecule has 0 aromatic heterocycles. The van der Waals surface area contributed by atoms with E-state index in [4.69, 9.17) is 0 Å². The maximum absolute atomic E-state index is 2.30. The minimum absolute atomic E-state index is 0.829. The predicted molar refractivity (Wildman–Crippen MR) is 64.7 cm³/mol. The fraction of sp³-hybridized carbons (Fsp3) is 0.333. The lowest BCUT2D eigenvalue weighted by atomic mass is 9.86. The Labute approximate surface area is 91.3 Å². The Morgan fingerprint density at radius 1 is 1.20 bits per heavy atom. The summed E-state index contributed by atoms with van der Waals surface area (Å²) < 4.78 is 0. The van der Waals surface area contributed by atoms with Gasteiger partial charge in [-0.05, 0) is 48.8 Å². The van der Waals surface area contributed by atoms with Gasteiger partial charge in [0, 0.05) is 0 Å². The quantitative estimate of drug-likeness (QED) is 0.633. The zero-order valence-corrected chi connectivity index (χ0v) is 9.33. The van der Waals surface area contributed by atoms with Gasteiger partial charge in [-0.25, -0.2) is 0 Å². The van der Waals surface area contributed by atoms with Gasteiger partial charge >= 0.3 is 0 Å². The summed E-state index contributed by atoms with van der Waals surface area (Å²) in [6, 6.07) is 8.89. The van der Waals surface area contributed by atoms with Crippen molar-refractivity contribution in [3.05, 3.63) is 53.1 Å². The van der Waals surface area contributed by atoms with Gasteiger partial charge in [-0.2, -0.15) is 0 Å². The predicted octanol–water partition coefficient (Wildman–Crippen LogP) is 4.15. The van der Waals surface area contributed by atoms with Gasteiger partial charge in [-0.3, -0.25) is 0 Å². The Hall–Kier alpha value is -1.30. The van der Waals surface area contributed by atoms with Gasteiger partial charge < -0.3 is 0 Å². The molecule has 1 aromatic carbocycles. The molecule has 0 nitrogen and oxygen atoms in total. The highest BCUT2D eigenvalue weighted by atomic mass is 14.5. The topological polar surface area (TPSA) is 0 Å². The first-order chi connectivity index (χ1) is 7.33. The highest BCUT2D eigenvalue weighted by Gasteiger charge is 2.44. The third-order valence-electron chi connectivity index (χ3n) is 3.76. The van der Waals surface area contributed by atoms with E-state index in [2.05, 4.69) is 50.3 Å². The summed E-state index contributed by atoms with van der Waals surface area (Å²) in [5, 5.41) is 0. The van der Waals surface area contributed by atoms with Crippen molar-refractivity contribution >= 4 is 5.57 Å². The number of fused-ring (bicyclic) bond motifs is 3. The Balaban J connectivity index is 2.22. The van der Waals surface area contributed by atoms with Crippen LogP contribution in [0.25, 0.3) is 5.57 Å². The first-order valence-electron chi connectivity index (χ1n) is 5.75. The molecule has 0 saturated heterocycles. The number of allylic oxidation sites excluding steroid dienone is 4. The molecule has 0 amide bonds. The van der Waals surface area contributed by atoms with Crippen LogP contribution in [0.5, 0.6) is 0 Å². The van der Waals surface area contributed by atoms with Crippen molar-refractivity contribution in [3.8, 4) is 0 Å². The summed E-state index contributed by atoms with van der Waals surface area (Å²) in [6.45, 7) is 4.40. The summed E-state index contributed by atoms with van der Waals surface area (Å²) in [6.07, 6.45) is 5.78. The van der Waals surface area contributed by atoms with Gasteiger partial charge in [-0.1, -0.05) is 42.0 Å². The van der Waals surface area contributed by atoms with Crippen molar-refractivity contribution in [2.45, 2.75) is 26.2 Å². The molecule has 0 aliphatic heterocycles. The monoisotopic (exact) mass is 196 g/mol. The molecule has 15 heavy (non-hydrogen) atoms. The molecule has 0 heterocycles. The molecule has 0 radical (unpaired) electrons. The van der Waals surface area contributed by atoms with Crippen LogP contribution in [0.1, 0.15) is 37.3 Å². The van der Waals surface area contributed by atoms with Gasteiger partial charge in [0.2, 0.25) is 0 Å². The number of hydrogen-bond acceptors (Lipinski definition) is 0. The van der Waals surface area contributed by atoms with E-state index in [0.29, 0.717) is 0 Å². The summed E-state index contributed by atoms with van der Waals surface area (Å²) >= 11 is 0. The molecule has 2 aliphatic carbocycles. The minimum Gasteiger partial charge on any atom is -0.0870 e. The van der Waals surface area contributed by atoms with Crippen molar-refractivity contribution in [1.82, 2.24) is 0 Å². The van der Waals surface area contributed by atoms with E-state index in [9.17, 15) is 0 Å². The molecule has 0 spiro atoms. The maximum Gasteiger partial charge on any atom is -0.00838 e. The van der Waals surface area contributed by atoms with Gasteiger partial charge in [0.15, 0.2) is 0 Å². The SMILES string of the molecule is C/C=C\C1=C(C)C2CC2c2ccccc21. The zero-order valence-electron chi connectivity index (χ0n) is 9.33. The van der Waals surface area contributed by atoms with Crippen LogP contribution in [0.4, 0.5) is 0 Å². The largest absolute Gasteiger partial charge is 0.0870 e. The number of hydrogen-bond donors (Lipinski definition) is 0. The smallest absolute Gasteiger partial charge is 0.00838 e. The highest BCUT2D eigenvalue weighted by molar-refractivity contribution is 5.82. The molecule has 1 fully saturated rings. The third kappa shape index (κ3) is 1.21. The second kappa shape index (κ2) is 3.10. The molecular formula is C15H16. The first-order valence-corrected chi connectivity index (χ1v) is 5.75. The standard InChI is InChI=1S/C15H16/c1-3-6-11-10(2)14-9-15(14)13-8-5-4-7-12(11)13/h3-8,14-15H,9H2,1-2H3/b6-3-. The molecule has 2 atom stereocenters. The maximum atomic E-state index is 2.30. The normalized spacial score (nSPS) is 27.9. The van der Waals surface area contributed by atoms with Crippen LogP contribution in [-0.2, 0) is 0 Å². The summed E-state index contributed by atoms with van der Waals surface area (Å²) in [5.41, 5.74) is 6.09. The molecule has 2 unspecified atom stereocenters. The Bertz CT molecular complexity index is 463. The number of benzene rings is 1. The van der Waals surface area contributed by atoms with Crippen molar-refractivity contribution in [3.63, 3.8) is 0 Å². The van der Waals surface area contributed by atoms with Gasteiger partial charge in [0.1, 0.15) is 0 Å². The third-order valence-corrected chi connectivity index (χ3v) is 3.76. The molecule has 3 rings (SSSR count). The molecule has 2 aliphatic rings. The molecule has 0 heteroatoms. The van der Waals surface area contributed by atoms with Crippen LogP contribution in [0.2, 0.25) is 0 Å². The Kier molecular flexibility index (Phi) is 1.85. The van der Waals surface area contributed by atoms with Gasteiger partial charge in [0.25, 0.3) is 0 Å². The van der Waals surface area contributed by atoms with Crippen molar-refractivity contribution in [2.75, 3.05) is 0 Å². The fourth-order valence-electron chi connectivity index (χ4n) is 2.88. The van der Waals surface area contributed by atoms with E-state index in [1.54, 1.807) is 11.1 Å². The zero-order chi connectivity index (χ0) is 10.4. The van der Waals surface area contributed by atoms with Gasteiger partial charge in [0.05, 0.1) is 0 Å². The molecule has 1 saturated carbocycles. The van der Waals surface area contributed by atoms with E-state index in [0.717, 1.165) is 11.8 Å². The van der Waals surface area contributed by atoms with Crippen molar-refractivity contribution < 1.29 is 0 Å². The molecule has 0 N–H and O–H groups in total. The van der Waals surface area contributed by atoms with Crippen molar-refractivity contribution in [2.24, 2.45) is 5.92 Å². The van der Waals surface area contributed by atoms with Crippen molar-refractivity contribution in [1.29, 1.82) is 0 Å². The Morgan fingerprint density at radius 2 is 2.00 bits per heavy atom. The second-order valence-corrected chi connectivity index (χ2v) is 4.63. The van der Waals surface area contributed by atoms with Crippen LogP contribution in [0.3, 0.4) is 0 Å². The Morgan fingerprint density at radius 3 is 2.80 bits per heavy atom. The van der Waals surface area contributed by atoms with Crippen LogP contribution in [0, 0.1) is 5.92 Å². The van der Waals surface area contributed by atoms with E-state index in [1.165, 1.54) is 17.6 Å². The minimum atomic E-state index is 0.829. The summed E-state index contributed by atoms with van der Waals surface area (Å²) in [4.78, 5) is 0. The van der Waals surface area contributed by atoms with E-state index in [1.807, 2.05) is 0 Å². The highest BCUT2D eigenvalue weighted by Crippen LogP contribution is 2.58. The number of rotatable bonds is 1.